The van der Waals surface area contributed by atoms with Crippen LogP contribution in [0.2, 0.25) is 0 Å². The van der Waals surface area contributed by atoms with E-state index in [-0.39, 0.29) is 0 Å². The van der Waals surface area contributed by atoms with Gasteiger partial charge in [0.2, 0.25) is 0 Å². The van der Waals surface area contributed by atoms with Gasteiger partial charge in [-0.25, -0.2) is 0 Å². The monoisotopic (exact) mass is 375 g/mol. The molecular formula is C26H21N3. The Kier molecular flexibility index (Phi) is 3.22. The fraction of sp³-hybridized carbons (Fsp3) is 0.115. The van der Waals surface area contributed by atoms with Crippen LogP contribution >= 0.6 is 0 Å². The quantitative estimate of drug-likeness (QED) is 0.276. The average Bonchev–Trinajstić information content (AvgIpc) is 3.11. The first-order chi connectivity index (χ1) is 14.1. The van der Waals surface area contributed by atoms with Crippen LogP contribution in [0.15, 0.2) is 72.8 Å². The molecule has 0 aliphatic carbocycles. The van der Waals surface area contributed by atoms with Gasteiger partial charge in [0.15, 0.2) is 0 Å². The molecule has 0 atom stereocenters. The Morgan fingerprint density at radius 2 is 1.48 bits per heavy atom. The summed E-state index contributed by atoms with van der Waals surface area (Å²) in [5.41, 5.74) is 9.59. The number of para-hydroxylation sites is 1. The van der Waals surface area contributed by atoms with Crippen molar-refractivity contribution < 1.29 is 4.57 Å². The second kappa shape index (κ2) is 5.71. The van der Waals surface area contributed by atoms with Crippen LogP contribution < -0.4 is 9.47 Å². The van der Waals surface area contributed by atoms with E-state index in [0.29, 0.717) is 0 Å². The molecule has 0 bridgehead atoms. The molecule has 2 heterocycles. The Labute approximate surface area is 170 Å². The van der Waals surface area contributed by atoms with Crippen LogP contribution in [0.3, 0.4) is 0 Å². The highest BCUT2D eigenvalue weighted by Gasteiger charge is 2.25. The van der Waals surface area contributed by atoms with Crippen LogP contribution in [-0.4, -0.2) is 11.6 Å². The molecule has 0 spiro atoms. The summed E-state index contributed by atoms with van der Waals surface area (Å²) >= 11 is 0. The molecule has 3 heteroatoms. The highest BCUT2D eigenvalue weighted by Crippen LogP contribution is 2.39. The van der Waals surface area contributed by atoms with Gasteiger partial charge in [-0.3, -0.25) is 9.13 Å². The third kappa shape index (κ3) is 2.27. The molecule has 4 aromatic carbocycles. The number of aromatic nitrogens is 2. The maximum absolute atomic E-state index is 3.65. The van der Waals surface area contributed by atoms with E-state index < -0.39 is 0 Å². The Bertz CT molecular complexity index is 1420. The molecule has 0 radical (unpaired) electrons. The average molecular weight is 375 g/mol. The standard InChI is InChI=1S/C26H21N3/c1-17-11-18(2)13-21(12-17)28-16-29-25-15-20-8-5-4-7-19(20)14-24(25)27(3)22-9-6-10-23(28)26(22)29/h4-15H,1-3H3. The third-order valence-electron chi connectivity index (χ3n) is 5.93. The Balaban J connectivity index is 1.72. The van der Waals surface area contributed by atoms with Crippen LogP contribution in [0, 0.1) is 20.2 Å². The second-order valence-electron chi connectivity index (χ2n) is 8.01. The van der Waals surface area contributed by atoms with Gasteiger partial charge in [-0.2, -0.15) is 0 Å². The molecule has 0 N–H and O–H groups in total. The summed E-state index contributed by atoms with van der Waals surface area (Å²) in [5.74, 6) is 0. The van der Waals surface area contributed by atoms with E-state index in [0.717, 1.165) is 16.9 Å². The molecule has 140 valence electrons. The van der Waals surface area contributed by atoms with Crippen molar-refractivity contribution in [2.24, 2.45) is 0 Å². The molecule has 0 fully saturated rings. The molecule has 0 unspecified atom stereocenters. The van der Waals surface area contributed by atoms with Gasteiger partial charge in [0.25, 0.3) is 6.33 Å². The number of fused-ring (bicyclic) bond motifs is 3. The minimum absolute atomic E-state index is 1.15. The molecule has 1 aromatic heterocycles. The number of hydrogen-bond donors (Lipinski definition) is 0. The van der Waals surface area contributed by atoms with Crippen molar-refractivity contribution in [3.05, 3.63) is 90.3 Å². The summed E-state index contributed by atoms with van der Waals surface area (Å²) in [6.07, 6.45) is 3.65. The van der Waals surface area contributed by atoms with Crippen molar-refractivity contribution in [3.63, 3.8) is 0 Å². The van der Waals surface area contributed by atoms with Crippen molar-refractivity contribution in [2.45, 2.75) is 13.8 Å². The molecule has 0 saturated carbocycles. The van der Waals surface area contributed by atoms with Crippen LogP contribution in [0.25, 0.3) is 33.2 Å². The van der Waals surface area contributed by atoms with E-state index in [1.807, 2.05) is 0 Å². The molecule has 1 aliphatic rings. The summed E-state index contributed by atoms with van der Waals surface area (Å²) in [6, 6.07) is 26.3. The zero-order valence-corrected chi connectivity index (χ0v) is 16.8. The largest absolute Gasteiger partial charge is 0.351 e. The van der Waals surface area contributed by atoms with Crippen LogP contribution in [0.5, 0.6) is 0 Å². The van der Waals surface area contributed by atoms with Crippen LogP contribution in [0.4, 0.5) is 11.4 Å². The number of rotatable bonds is 1. The first-order valence-corrected chi connectivity index (χ1v) is 9.94. The van der Waals surface area contributed by atoms with Gasteiger partial charge in [0.05, 0.1) is 22.6 Å². The normalized spacial score (nSPS) is 12.6. The lowest BCUT2D eigenvalue weighted by Crippen LogP contribution is -2.36. The van der Waals surface area contributed by atoms with Crippen LogP contribution in [-0.2, 0) is 0 Å². The van der Waals surface area contributed by atoms with Gasteiger partial charge in [-0.15, -0.1) is 0 Å². The fourth-order valence-corrected chi connectivity index (χ4v) is 4.65. The zero-order chi connectivity index (χ0) is 19.7. The number of benzene rings is 4. The molecule has 0 amide bonds. The topological polar surface area (TPSA) is 12.0 Å². The van der Waals surface area contributed by atoms with E-state index in [1.54, 1.807) is 0 Å². The smallest absolute Gasteiger partial charge is 0.269 e. The van der Waals surface area contributed by atoms with E-state index in [9.17, 15) is 0 Å². The van der Waals surface area contributed by atoms with Gasteiger partial charge in [-0.05, 0) is 55.0 Å². The third-order valence-corrected chi connectivity index (χ3v) is 5.93. The second-order valence-corrected chi connectivity index (χ2v) is 8.01. The Morgan fingerprint density at radius 3 is 2.24 bits per heavy atom. The van der Waals surface area contributed by atoms with Crippen molar-refractivity contribution in [1.82, 2.24) is 4.57 Å². The number of anilines is 2. The predicted molar refractivity (Wildman–Crippen MR) is 119 cm³/mol. The number of imidazole rings is 1. The van der Waals surface area contributed by atoms with Gasteiger partial charge in [-0.1, -0.05) is 53.6 Å². The van der Waals surface area contributed by atoms with Crippen molar-refractivity contribution in [3.8, 4) is 11.4 Å². The van der Waals surface area contributed by atoms with Gasteiger partial charge >= 0.3 is 0 Å². The Hall–Kier alpha value is -3.59. The SMILES string of the molecule is Cc1cc(C)cc(-n2[c-][n+]3c4c(cccc42)N(C)c2cc4ccccc4cc2-3)c1. The molecule has 1 aliphatic heterocycles. The van der Waals surface area contributed by atoms with E-state index >= 15 is 0 Å². The molecule has 5 aromatic rings. The molecular weight excluding hydrogens is 354 g/mol. The summed E-state index contributed by atoms with van der Waals surface area (Å²) in [5, 5.41) is 2.50. The highest BCUT2D eigenvalue weighted by molar-refractivity contribution is 5.97. The summed E-state index contributed by atoms with van der Waals surface area (Å²) < 4.78 is 4.42. The number of nitrogens with zero attached hydrogens (tertiary/aromatic N) is 3. The maximum atomic E-state index is 3.65. The first-order valence-electron chi connectivity index (χ1n) is 9.94. The lowest BCUT2D eigenvalue weighted by atomic mass is 10.1. The Morgan fingerprint density at radius 1 is 0.759 bits per heavy atom. The van der Waals surface area contributed by atoms with Crippen molar-refractivity contribution in [2.75, 3.05) is 11.9 Å². The minimum atomic E-state index is 1.15. The minimum Gasteiger partial charge on any atom is -0.351 e. The van der Waals surface area contributed by atoms with Gasteiger partial charge in [0.1, 0.15) is 5.52 Å². The summed E-state index contributed by atoms with van der Waals surface area (Å²) in [4.78, 5) is 2.30. The molecule has 6 rings (SSSR count). The molecule has 29 heavy (non-hydrogen) atoms. The lowest BCUT2D eigenvalue weighted by molar-refractivity contribution is -0.572. The van der Waals surface area contributed by atoms with E-state index in [2.05, 4.69) is 114 Å². The van der Waals surface area contributed by atoms with E-state index in [4.69, 9.17) is 0 Å². The summed E-state index contributed by atoms with van der Waals surface area (Å²) in [7, 11) is 2.15. The zero-order valence-electron chi connectivity index (χ0n) is 16.8. The van der Waals surface area contributed by atoms with Crippen molar-refractivity contribution in [1.29, 1.82) is 0 Å². The summed E-state index contributed by atoms with van der Waals surface area (Å²) in [6.45, 7) is 4.30. The number of aryl methyl sites for hydroxylation is 2. The lowest BCUT2D eigenvalue weighted by Gasteiger charge is -2.29. The molecule has 3 nitrogen and oxygen atoms in total. The highest BCUT2D eigenvalue weighted by atomic mass is 15.2. The number of hydrogen-bond acceptors (Lipinski definition) is 1. The molecule has 0 saturated heterocycles. The predicted octanol–water partition coefficient (Wildman–Crippen LogP) is 5.56. The van der Waals surface area contributed by atoms with Gasteiger partial charge < -0.3 is 4.90 Å². The first kappa shape index (κ1) is 16.4. The van der Waals surface area contributed by atoms with Gasteiger partial charge in [0, 0.05) is 12.7 Å². The fourth-order valence-electron chi connectivity index (χ4n) is 4.65. The van der Waals surface area contributed by atoms with Crippen LogP contribution in [0.1, 0.15) is 11.1 Å². The maximum Gasteiger partial charge on any atom is 0.269 e. The van der Waals surface area contributed by atoms with Crippen molar-refractivity contribution >= 4 is 33.2 Å². The van der Waals surface area contributed by atoms with E-state index in [1.165, 1.54) is 38.8 Å².